The number of aromatic nitrogens is 4. The third-order valence-electron chi connectivity index (χ3n) is 13.8. The Morgan fingerprint density at radius 2 is 1.78 bits per heavy atom. The average molecular weight is 888 g/mol. The van der Waals surface area contributed by atoms with Gasteiger partial charge in [0.05, 0.1) is 33.1 Å². The first-order valence-electron chi connectivity index (χ1n) is 21.7. The van der Waals surface area contributed by atoms with E-state index in [1.54, 1.807) is 12.3 Å². The number of H-pyrrole nitrogens is 2. The predicted octanol–water partition coefficient (Wildman–Crippen LogP) is 8.46. The van der Waals surface area contributed by atoms with Crippen LogP contribution < -0.4 is 19.3 Å². The van der Waals surface area contributed by atoms with Crippen LogP contribution in [0.2, 0.25) is 5.02 Å². The molecular weight excluding hydrogens is 842 g/mol. The second-order valence-corrected chi connectivity index (χ2v) is 19.9. The summed E-state index contributed by atoms with van der Waals surface area (Å²) in [6.07, 6.45) is 11.0. The first kappa shape index (κ1) is 39.8. The van der Waals surface area contributed by atoms with Gasteiger partial charge in [0.15, 0.2) is 0 Å². The van der Waals surface area contributed by atoms with Crippen molar-refractivity contribution in [2.24, 2.45) is 5.41 Å². The number of pyridine rings is 1. The number of anilines is 3. The zero-order valence-corrected chi connectivity index (χ0v) is 36.1. The number of fused-ring (bicyclic) bond motifs is 3. The topological polar surface area (TPSA) is 183 Å². The third-order valence-corrected chi connectivity index (χ3v) is 15.4. The number of aromatic amines is 2. The van der Waals surface area contributed by atoms with Crippen LogP contribution in [0.15, 0.2) is 83.4 Å². The summed E-state index contributed by atoms with van der Waals surface area (Å²) in [4.78, 5) is 47.5. The maximum Gasteiger partial charge on any atom is 0.296 e. The maximum absolute atomic E-state index is 14.3. The van der Waals surface area contributed by atoms with Crippen molar-refractivity contribution in [3.8, 4) is 5.88 Å². The lowest BCUT2D eigenvalue weighted by molar-refractivity contribution is -0.383. The Balaban J connectivity index is 0.886. The number of piperazine rings is 1. The molecule has 5 aliphatic rings. The third kappa shape index (κ3) is 7.46. The van der Waals surface area contributed by atoms with Crippen molar-refractivity contribution in [1.29, 1.82) is 0 Å². The summed E-state index contributed by atoms with van der Waals surface area (Å²) in [6, 6.07) is 19.9. The van der Waals surface area contributed by atoms with Crippen molar-refractivity contribution in [2.45, 2.75) is 62.2 Å². The van der Waals surface area contributed by atoms with Gasteiger partial charge in [-0.2, -0.15) is 4.98 Å². The largest absolute Gasteiger partial charge is 0.474 e. The molecule has 6 aromatic rings. The number of nitrogens with one attached hydrogen (secondary N) is 3. The van der Waals surface area contributed by atoms with Gasteiger partial charge in [-0.25, -0.2) is 18.1 Å². The van der Waals surface area contributed by atoms with E-state index in [4.69, 9.17) is 21.3 Å². The zero-order chi connectivity index (χ0) is 43.0. The van der Waals surface area contributed by atoms with E-state index >= 15 is 0 Å². The van der Waals surface area contributed by atoms with Crippen molar-refractivity contribution in [3.63, 3.8) is 0 Å². The highest BCUT2D eigenvalue weighted by Crippen LogP contribution is 2.55. The number of ether oxygens (including phenoxy) is 1. The second kappa shape index (κ2) is 15.4. The van der Waals surface area contributed by atoms with E-state index < -0.39 is 31.4 Å². The molecule has 324 valence electrons. The van der Waals surface area contributed by atoms with Gasteiger partial charge in [0.25, 0.3) is 21.6 Å². The fourth-order valence-electron chi connectivity index (χ4n) is 9.99. The minimum atomic E-state index is -4.60. The average Bonchev–Trinajstić information content (AvgIpc) is 3.87. The highest BCUT2D eigenvalue weighted by atomic mass is 35.5. The van der Waals surface area contributed by atoms with Crippen molar-refractivity contribution in [2.75, 3.05) is 55.7 Å². The number of imidazole rings is 1. The first-order chi connectivity index (χ1) is 30.5. The van der Waals surface area contributed by atoms with Gasteiger partial charge in [-0.1, -0.05) is 35.7 Å². The summed E-state index contributed by atoms with van der Waals surface area (Å²) in [5.74, 6) is 0.248. The Hall–Kier alpha value is -5.97. The number of sulfonamides is 1. The van der Waals surface area contributed by atoms with Crippen LogP contribution in [0, 0.1) is 15.5 Å². The van der Waals surface area contributed by atoms with E-state index in [1.807, 2.05) is 41.3 Å². The molecule has 11 rings (SSSR count). The number of nitrogens with zero attached hydrogens (tertiary/aromatic N) is 6. The van der Waals surface area contributed by atoms with Crippen molar-refractivity contribution in [3.05, 3.63) is 111 Å². The van der Waals surface area contributed by atoms with Crippen LogP contribution in [0.25, 0.3) is 27.6 Å². The van der Waals surface area contributed by atoms with Crippen molar-refractivity contribution in [1.82, 2.24) is 29.6 Å². The number of carbonyl (C=O) groups excluding carboxylic acids is 1. The smallest absolute Gasteiger partial charge is 0.296 e. The lowest BCUT2D eigenvalue weighted by Gasteiger charge is -2.47. The number of hydrogen-bond acceptors (Lipinski definition) is 11. The Bertz CT molecular complexity index is 2970. The fourth-order valence-corrected chi connectivity index (χ4v) is 11.1. The van der Waals surface area contributed by atoms with E-state index in [2.05, 4.69) is 41.6 Å². The van der Waals surface area contributed by atoms with Gasteiger partial charge in [0.2, 0.25) is 5.88 Å². The van der Waals surface area contributed by atoms with Gasteiger partial charge in [-0.3, -0.25) is 19.8 Å². The second-order valence-electron chi connectivity index (χ2n) is 17.7. The molecule has 3 N–H and O–H groups in total. The highest BCUT2D eigenvalue weighted by Gasteiger charge is 2.41. The van der Waals surface area contributed by atoms with Crippen LogP contribution in [0.1, 0.15) is 79.0 Å². The van der Waals surface area contributed by atoms with Gasteiger partial charge in [-0.05, 0) is 110 Å². The molecule has 2 saturated carbocycles. The van der Waals surface area contributed by atoms with E-state index in [0.29, 0.717) is 40.7 Å². The van der Waals surface area contributed by atoms with Crippen LogP contribution in [0.4, 0.5) is 22.7 Å². The minimum Gasteiger partial charge on any atom is -0.474 e. The molecule has 1 spiro atoms. The molecule has 3 fully saturated rings. The molecule has 0 unspecified atom stereocenters. The summed E-state index contributed by atoms with van der Waals surface area (Å²) < 4.78 is 36.2. The Labute approximate surface area is 368 Å². The van der Waals surface area contributed by atoms with Gasteiger partial charge in [-0.15, -0.1) is 0 Å². The molecule has 0 atom stereocenters. The van der Waals surface area contributed by atoms with Gasteiger partial charge in [0.1, 0.15) is 29.3 Å². The van der Waals surface area contributed by atoms with Crippen LogP contribution in [0.5, 0.6) is 5.88 Å². The molecule has 2 aliphatic heterocycles. The van der Waals surface area contributed by atoms with E-state index in [-0.39, 0.29) is 29.1 Å². The lowest BCUT2D eigenvalue weighted by Crippen LogP contribution is -2.47. The molecule has 0 radical (unpaired) electrons. The summed E-state index contributed by atoms with van der Waals surface area (Å²) >= 11 is 6.30. The predicted molar refractivity (Wildman–Crippen MR) is 242 cm³/mol. The molecule has 63 heavy (non-hydrogen) atoms. The van der Waals surface area contributed by atoms with Crippen LogP contribution in [-0.2, 0) is 10.0 Å². The molecule has 17 heteroatoms. The number of rotatable bonds is 10. The molecule has 1 amide bonds. The molecule has 1 saturated heterocycles. The number of amides is 1. The molecule has 3 aromatic carbocycles. The lowest BCUT2D eigenvalue weighted by atomic mass is 9.59. The molecule has 5 heterocycles. The Kier molecular flexibility index (Phi) is 9.73. The fraction of sp³-hybridized carbons (Fsp3) is 0.370. The number of nitro benzene ring substituents is 1. The summed E-state index contributed by atoms with van der Waals surface area (Å²) in [7, 11) is -4.60. The summed E-state index contributed by atoms with van der Waals surface area (Å²) in [5.41, 5.74) is 7.38. The number of benzene rings is 3. The molecule has 3 aliphatic carbocycles. The Morgan fingerprint density at radius 1 is 0.968 bits per heavy atom. The summed E-state index contributed by atoms with van der Waals surface area (Å²) in [5, 5.41) is 13.7. The van der Waals surface area contributed by atoms with Crippen molar-refractivity contribution >= 4 is 77.9 Å². The quantitative estimate of drug-likeness (QED) is 0.0887. The molecule has 3 aromatic heterocycles. The van der Waals surface area contributed by atoms with Crippen molar-refractivity contribution < 1.29 is 22.9 Å². The highest BCUT2D eigenvalue weighted by molar-refractivity contribution is 7.90. The monoisotopic (exact) mass is 887 g/mol. The summed E-state index contributed by atoms with van der Waals surface area (Å²) in [6.45, 7) is 4.78. The molecule has 0 bridgehead atoms. The van der Waals surface area contributed by atoms with Gasteiger partial charge >= 0.3 is 0 Å². The standard InChI is InChI=1S/C46H46ClN9O6S/c47-32-6-4-28(5-7-32)36-26-46(12-1-13-46)14-10-31(36)27-53-16-18-54(19-17-53)33-8-9-35(38(23-33)55-20-21-62-45-40(55)22-30-11-15-48-42(30)51-45)44(57)52-63(60,61)34-24-37-41(39(25-34)56(58)59)50-43(49-37)29-2-3-29/h4-9,11,15,22-25,29H,1-3,10,12-14,16-21,26-27H2,(H,48,51)(H,49,50)(H,52,57). The first-order valence-corrected chi connectivity index (χ1v) is 23.6. The van der Waals surface area contributed by atoms with E-state index in [1.165, 1.54) is 48.5 Å². The number of non-ortho nitro benzene ring substituents is 1. The van der Waals surface area contributed by atoms with Crippen LogP contribution >= 0.6 is 11.6 Å². The normalized spacial score (nSPS) is 19.0. The number of halogens is 1. The zero-order valence-electron chi connectivity index (χ0n) is 34.5. The van der Waals surface area contributed by atoms with Gasteiger partial charge < -0.3 is 24.5 Å². The SMILES string of the molecule is O=C(NS(=O)(=O)c1cc([N+](=O)[O-])c2[nH]c(C3CC3)nc2c1)c1ccc(N2CCN(CC3=C(c4ccc(Cl)cc4)CC4(CCC4)CC3)CC2)cc1N1CCOc2nc3[nH]ccc3cc21. The molecule has 15 nitrogen and oxygen atoms in total. The Morgan fingerprint density at radius 3 is 2.52 bits per heavy atom. The van der Waals surface area contributed by atoms with E-state index in [0.717, 1.165) is 80.6 Å². The minimum absolute atomic E-state index is 0.109. The van der Waals surface area contributed by atoms with Crippen LogP contribution in [0.3, 0.4) is 0 Å². The van der Waals surface area contributed by atoms with Crippen LogP contribution in [-0.4, -0.2) is 90.0 Å². The van der Waals surface area contributed by atoms with Gasteiger partial charge in [0, 0.05) is 67.0 Å². The number of carbonyl (C=O) groups is 1. The van der Waals surface area contributed by atoms with E-state index in [9.17, 15) is 23.3 Å². The number of allylic oxidation sites excluding steroid dienone is 1. The number of hydrogen-bond donors (Lipinski definition) is 3. The maximum atomic E-state index is 14.3. The number of nitro groups is 1. The molecular formula is C46H46ClN9O6S.